The fraction of sp³-hybridized carbons (Fsp3) is 0.333. The minimum absolute atomic E-state index is 0.190. The molecule has 0 aliphatic carbocycles. The van der Waals surface area contributed by atoms with Gasteiger partial charge >= 0.3 is 0 Å². The third-order valence-corrected chi connectivity index (χ3v) is 3.94. The third kappa shape index (κ3) is 5.90. The van der Waals surface area contributed by atoms with E-state index in [1.54, 1.807) is 26.4 Å². The summed E-state index contributed by atoms with van der Waals surface area (Å²) >= 11 is 0. The van der Waals surface area contributed by atoms with E-state index in [0.29, 0.717) is 18.1 Å². The monoisotopic (exact) mass is 386 g/mol. The SMILES string of the molecule is CCOc1ccc(/C=N/OCC(=O)NC(C)c2ccccc2OC)cc1OC. The van der Waals surface area contributed by atoms with Crippen LogP contribution in [0, 0.1) is 0 Å². The summed E-state index contributed by atoms with van der Waals surface area (Å²) in [7, 11) is 3.17. The second-order valence-electron chi connectivity index (χ2n) is 5.88. The molecule has 1 amide bonds. The van der Waals surface area contributed by atoms with Gasteiger partial charge in [0.15, 0.2) is 18.1 Å². The van der Waals surface area contributed by atoms with Crippen LogP contribution in [0.25, 0.3) is 0 Å². The Labute approximate surface area is 165 Å². The lowest BCUT2D eigenvalue weighted by atomic mass is 10.1. The molecule has 0 aromatic heterocycles. The molecule has 0 heterocycles. The molecule has 0 spiro atoms. The summed E-state index contributed by atoms with van der Waals surface area (Å²) in [5, 5.41) is 6.69. The minimum Gasteiger partial charge on any atom is -0.496 e. The zero-order chi connectivity index (χ0) is 20.4. The Hall–Kier alpha value is -3.22. The number of carbonyl (C=O) groups excluding carboxylic acids is 1. The molecule has 0 aliphatic rings. The number of hydrogen-bond donors (Lipinski definition) is 1. The number of amides is 1. The molecule has 150 valence electrons. The van der Waals surface area contributed by atoms with Crippen molar-refractivity contribution in [3.05, 3.63) is 53.6 Å². The third-order valence-electron chi connectivity index (χ3n) is 3.94. The second kappa shape index (κ2) is 10.8. The van der Waals surface area contributed by atoms with Gasteiger partial charge in [0.2, 0.25) is 0 Å². The Bertz CT molecular complexity index is 807. The van der Waals surface area contributed by atoms with Crippen molar-refractivity contribution in [2.45, 2.75) is 19.9 Å². The Morgan fingerprint density at radius 1 is 1.11 bits per heavy atom. The summed E-state index contributed by atoms with van der Waals surface area (Å²) in [6.45, 7) is 4.15. The van der Waals surface area contributed by atoms with Crippen LogP contribution in [-0.4, -0.2) is 39.6 Å². The highest BCUT2D eigenvalue weighted by Crippen LogP contribution is 2.27. The number of methoxy groups -OCH3 is 2. The van der Waals surface area contributed by atoms with Crippen molar-refractivity contribution in [3.8, 4) is 17.2 Å². The summed E-state index contributed by atoms with van der Waals surface area (Å²) in [5.74, 6) is 1.71. The number of para-hydroxylation sites is 1. The topological polar surface area (TPSA) is 78.4 Å². The molecule has 0 aliphatic heterocycles. The number of nitrogens with zero attached hydrogens (tertiary/aromatic N) is 1. The van der Waals surface area contributed by atoms with Gasteiger partial charge in [0.05, 0.1) is 33.1 Å². The average Bonchev–Trinajstić information content (AvgIpc) is 2.72. The van der Waals surface area contributed by atoms with E-state index in [4.69, 9.17) is 19.0 Å². The van der Waals surface area contributed by atoms with Crippen molar-refractivity contribution in [1.29, 1.82) is 0 Å². The molecule has 1 atom stereocenters. The highest BCUT2D eigenvalue weighted by molar-refractivity contribution is 5.81. The lowest BCUT2D eigenvalue weighted by Gasteiger charge is -2.16. The Kier molecular flexibility index (Phi) is 8.14. The van der Waals surface area contributed by atoms with Gasteiger partial charge in [-0.2, -0.15) is 0 Å². The Morgan fingerprint density at radius 2 is 1.86 bits per heavy atom. The number of ether oxygens (including phenoxy) is 3. The van der Waals surface area contributed by atoms with Crippen molar-refractivity contribution >= 4 is 12.1 Å². The van der Waals surface area contributed by atoms with Crippen LogP contribution in [0.2, 0.25) is 0 Å². The Balaban J connectivity index is 1.86. The maximum absolute atomic E-state index is 12.1. The zero-order valence-corrected chi connectivity index (χ0v) is 16.6. The molecular weight excluding hydrogens is 360 g/mol. The molecule has 0 radical (unpaired) electrons. The van der Waals surface area contributed by atoms with Crippen molar-refractivity contribution in [2.24, 2.45) is 5.16 Å². The quantitative estimate of drug-likeness (QED) is 0.501. The first kappa shape index (κ1) is 21.1. The predicted molar refractivity (Wildman–Crippen MR) is 107 cm³/mol. The summed E-state index contributed by atoms with van der Waals surface area (Å²) in [6, 6.07) is 12.7. The Morgan fingerprint density at radius 3 is 2.57 bits per heavy atom. The molecule has 7 nitrogen and oxygen atoms in total. The molecule has 7 heteroatoms. The highest BCUT2D eigenvalue weighted by atomic mass is 16.6. The van der Waals surface area contributed by atoms with Crippen molar-refractivity contribution < 1.29 is 23.8 Å². The largest absolute Gasteiger partial charge is 0.496 e. The maximum atomic E-state index is 12.1. The van der Waals surface area contributed by atoms with Crippen molar-refractivity contribution in [2.75, 3.05) is 27.4 Å². The van der Waals surface area contributed by atoms with Gasteiger partial charge in [0, 0.05) is 11.1 Å². The van der Waals surface area contributed by atoms with Gasteiger partial charge < -0.3 is 24.4 Å². The molecule has 0 bridgehead atoms. The fourth-order valence-corrected chi connectivity index (χ4v) is 2.62. The number of oxime groups is 1. The van der Waals surface area contributed by atoms with E-state index in [1.165, 1.54) is 6.21 Å². The van der Waals surface area contributed by atoms with Crippen LogP contribution in [-0.2, 0) is 9.63 Å². The number of rotatable bonds is 10. The highest BCUT2D eigenvalue weighted by Gasteiger charge is 2.13. The van der Waals surface area contributed by atoms with Crippen LogP contribution in [0.5, 0.6) is 17.2 Å². The van der Waals surface area contributed by atoms with Gasteiger partial charge in [-0.3, -0.25) is 4.79 Å². The molecule has 0 saturated heterocycles. The first-order chi connectivity index (χ1) is 13.6. The molecule has 2 rings (SSSR count). The van der Waals surface area contributed by atoms with E-state index in [-0.39, 0.29) is 18.6 Å². The van der Waals surface area contributed by atoms with Gasteiger partial charge in [-0.15, -0.1) is 0 Å². The van der Waals surface area contributed by atoms with Gasteiger partial charge in [0.1, 0.15) is 5.75 Å². The van der Waals surface area contributed by atoms with Crippen LogP contribution in [0.4, 0.5) is 0 Å². The minimum atomic E-state index is -0.278. The van der Waals surface area contributed by atoms with E-state index >= 15 is 0 Å². The van der Waals surface area contributed by atoms with E-state index in [2.05, 4.69) is 10.5 Å². The summed E-state index contributed by atoms with van der Waals surface area (Å²) in [6.07, 6.45) is 1.51. The molecule has 1 unspecified atom stereocenters. The smallest absolute Gasteiger partial charge is 0.261 e. The lowest BCUT2D eigenvalue weighted by Crippen LogP contribution is -2.29. The number of carbonyl (C=O) groups is 1. The normalized spacial score (nSPS) is 11.7. The molecule has 2 aromatic rings. The van der Waals surface area contributed by atoms with Crippen LogP contribution < -0.4 is 19.5 Å². The van der Waals surface area contributed by atoms with E-state index < -0.39 is 0 Å². The lowest BCUT2D eigenvalue weighted by molar-refractivity contribution is -0.126. The molecule has 2 aromatic carbocycles. The van der Waals surface area contributed by atoms with Gasteiger partial charge in [0.25, 0.3) is 5.91 Å². The number of hydrogen-bond acceptors (Lipinski definition) is 6. The number of benzene rings is 2. The predicted octanol–water partition coefficient (Wildman–Crippen LogP) is 3.33. The van der Waals surface area contributed by atoms with E-state index in [9.17, 15) is 4.79 Å². The molecule has 28 heavy (non-hydrogen) atoms. The van der Waals surface area contributed by atoms with Crippen LogP contribution in [0.3, 0.4) is 0 Å². The summed E-state index contributed by atoms with van der Waals surface area (Å²) < 4.78 is 16.1. The van der Waals surface area contributed by atoms with Crippen LogP contribution >= 0.6 is 0 Å². The maximum Gasteiger partial charge on any atom is 0.261 e. The summed E-state index contributed by atoms with van der Waals surface area (Å²) in [4.78, 5) is 17.2. The summed E-state index contributed by atoms with van der Waals surface area (Å²) in [5.41, 5.74) is 1.66. The standard InChI is InChI=1S/C21H26N2O5/c1-5-27-19-11-10-16(12-20(19)26-4)13-22-28-14-21(24)23-15(2)17-8-6-7-9-18(17)25-3/h6-13,15H,5,14H2,1-4H3,(H,23,24)/b22-13+. The molecule has 0 fully saturated rings. The van der Waals surface area contributed by atoms with Crippen molar-refractivity contribution in [3.63, 3.8) is 0 Å². The fourth-order valence-electron chi connectivity index (χ4n) is 2.62. The van der Waals surface area contributed by atoms with Crippen LogP contribution in [0.15, 0.2) is 47.6 Å². The van der Waals surface area contributed by atoms with Gasteiger partial charge in [-0.1, -0.05) is 23.4 Å². The van der Waals surface area contributed by atoms with E-state index in [0.717, 1.165) is 16.9 Å². The average molecular weight is 386 g/mol. The molecule has 1 N–H and O–H groups in total. The molecule has 0 saturated carbocycles. The van der Waals surface area contributed by atoms with Crippen LogP contribution in [0.1, 0.15) is 31.0 Å². The zero-order valence-electron chi connectivity index (χ0n) is 16.6. The first-order valence-corrected chi connectivity index (χ1v) is 8.97. The van der Waals surface area contributed by atoms with Gasteiger partial charge in [-0.05, 0) is 38.1 Å². The first-order valence-electron chi connectivity index (χ1n) is 8.97. The number of nitrogens with one attached hydrogen (secondary N) is 1. The second-order valence-corrected chi connectivity index (χ2v) is 5.88. The molecular formula is C21H26N2O5. The van der Waals surface area contributed by atoms with E-state index in [1.807, 2.05) is 44.2 Å². The van der Waals surface area contributed by atoms with Crippen molar-refractivity contribution in [1.82, 2.24) is 5.32 Å². The van der Waals surface area contributed by atoms with Gasteiger partial charge in [-0.25, -0.2) is 0 Å².